The van der Waals surface area contributed by atoms with E-state index in [-0.39, 0.29) is 18.1 Å². The third kappa shape index (κ3) is 4.12. The summed E-state index contributed by atoms with van der Waals surface area (Å²) in [4.78, 5) is 0. The van der Waals surface area contributed by atoms with Crippen LogP contribution in [-0.2, 0) is 0 Å². The van der Waals surface area contributed by atoms with E-state index >= 15 is 0 Å². The summed E-state index contributed by atoms with van der Waals surface area (Å²) < 4.78 is 0. The zero-order chi connectivity index (χ0) is 12.1. The van der Waals surface area contributed by atoms with Crippen LogP contribution < -0.4 is 5.32 Å². The van der Waals surface area contributed by atoms with Crippen LogP contribution in [0.15, 0.2) is 24.3 Å². The molecular formula is C13H20ClNO. The summed E-state index contributed by atoms with van der Waals surface area (Å²) in [7, 11) is 0. The van der Waals surface area contributed by atoms with Crippen molar-refractivity contribution >= 4 is 11.6 Å². The van der Waals surface area contributed by atoms with Gasteiger partial charge in [-0.05, 0) is 30.5 Å². The molecule has 90 valence electrons. The number of hydrogen-bond donors (Lipinski definition) is 2. The van der Waals surface area contributed by atoms with Gasteiger partial charge in [0.15, 0.2) is 0 Å². The number of aliphatic hydroxyl groups is 1. The van der Waals surface area contributed by atoms with E-state index in [0.29, 0.717) is 6.54 Å². The number of halogens is 1. The molecule has 2 N–H and O–H groups in total. The lowest BCUT2D eigenvalue weighted by Crippen LogP contribution is -2.32. The Labute approximate surface area is 103 Å². The molecule has 0 aliphatic carbocycles. The normalized spacial score (nSPS) is 15.1. The van der Waals surface area contributed by atoms with E-state index in [0.717, 1.165) is 10.6 Å². The molecule has 0 aromatic heterocycles. The number of rotatable bonds is 5. The molecule has 0 heterocycles. The maximum atomic E-state index is 9.69. The lowest BCUT2D eigenvalue weighted by Gasteiger charge is -2.19. The number of aliphatic hydroxyl groups excluding tert-OH is 1. The second kappa shape index (κ2) is 6.24. The number of nitrogens with one attached hydrogen (secondary N) is 1. The highest BCUT2D eigenvalue weighted by atomic mass is 35.5. The molecule has 16 heavy (non-hydrogen) atoms. The Morgan fingerprint density at radius 1 is 1.31 bits per heavy atom. The first-order valence-electron chi connectivity index (χ1n) is 5.67. The van der Waals surface area contributed by atoms with Crippen molar-refractivity contribution in [1.82, 2.24) is 5.32 Å². The van der Waals surface area contributed by atoms with Crippen LogP contribution in [0, 0.1) is 5.92 Å². The Morgan fingerprint density at radius 3 is 2.56 bits per heavy atom. The summed E-state index contributed by atoms with van der Waals surface area (Å²) in [5.74, 6) is 0.277. The van der Waals surface area contributed by atoms with E-state index in [2.05, 4.69) is 12.2 Å². The lowest BCUT2D eigenvalue weighted by atomic mass is 10.1. The molecule has 0 saturated heterocycles. The molecule has 2 atom stereocenters. The average Bonchev–Trinajstić information content (AvgIpc) is 2.25. The minimum Gasteiger partial charge on any atom is -0.392 e. The Morgan fingerprint density at radius 2 is 2.00 bits per heavy atom. The van der Waals surface area contributed by atoms with Gasteiger partial charge in [-0.3, -0.25) is 0 Å². The molecule has 0 saturated carbocycles. The fourth-order valence-electron chi connectivity index (χ4n) is 1.43. The first-order chi connectivity index (χ1) is 7.50. The van der Waals surface area contributed by atoms with E-state index in [4.69, 9.17) is 11.6 Å². The maximum Gasteiger partial charge on any atom is 0.0687 e. The first kappa shape index (κ1) is 13.5. The predicted molar refractivity (Wildman–Crippen MR) is 68.7 cm³/mol. The molecule has 3 heteroatoms. The van der Waals surface area contributed by atoms with Gasteiger partial charge in [-0.2, -0.15) is 0 Å². The Kier molecular flexibility index (Phi) is 5.26. The van der Waals surface area contributed by atoms with Crippen molar-refractivity contribution in [3.05, 3.63) is 34.9 Å². The molecule has 0 aliphatic rings. The van der Waals surface area contributed by atoms with Crippen molar-refractivity contribution in [2.75, 3.05) is 6.54 Å². The summed E-state index contributed by atoms with van der Waals surface area (Å²) in [6, 6.07) is 7.98. The van der Waals surface area contributed by atoms with E-state index in [1.807, 2.05) is 38.1 Å². The summed E-state index contributed by atoms with van der Waals surface area (Å²) in [6.07, 6.45) is -0.304. The van der Waals surface area contributed by atoms with Crippen LogP contribution in [-0.4, -0.2) is 17.8 Å². The highest BCUT2D eigenvalue weighted by Crippen LogP contribution is 2.17. The molecule has 0 spiro atoms. The van der Waals surface area contributed by atoms with Gasteiger partial charge in [-0.1, -0.05) is 37.6 Å². The standard InChI is InChI=1S/C13H20ClNO/c1-9(2)13(16)8-15-10(3)11-5-4-6-12(14)7-11/h4-7,9-10,13,15-16H,8H2,1-3H3. The molecule has 2 unspecified atom stereocenters. The van der Waals surface area contributed by atoms with Gasteiger partial charge in [-0.25, -0.2) is 0 Å². The average molecular weight is 242 g/mol. The van der Waals surface area contributed by atoms with E-state index in [1.165, 1.54) is 0 Å². The molecule has 0 radical (unpaired) electrons. The molecule has 0 fully saturated rings. The zero-order valence-corrected chi connectivity index (χ0v) is 10.8. The summed E-state index contributed by atoms with van der Waals surface area (Å²) in [5.41, 5.74) is 1.14. The van der Waals surface area contributed by atoms with E-state index < -0.39 is 0 Å². The van der Waals surface area contributed by atoms with Crippen LogP contribution >= 0.6 is 11.6 Å². The molecule has 1 aromatic rings. The van der Waals surface area contributed by atoms with Crippen LogP contribution in [0.3, 0.4) is 0 Å². The van der Waals surface area contributed by atoms with Crippen LogP contribution in [0.25, 0.3) is 0 Å². The number of hydrogen-bond acceptors (Lipinski definition) is 2. The maximum absolute atomic E-state index is 9.69. The van der Waals surface area contributed by atoms with Gasteiger partial charge < -0.3 is 10.4 Å². The highest BCUT2D eigenvalue weighted by molar-refractivity contribution is 6.30. The molecular weight excluding hydrogens is 222 g/mol. The van der Waals surface area contributed by atoms with Crippen molar-refractivity contribution in [3.63, 3.8) is 0 Å². The summed E-state index contributed by atoms with van der Waals surface area (Å²) in [6.45, 7) is 6.69. The van der Waals surface area contributed by atoms with E-state index in [1.54, 1.807) is 0 Å². The smallest absolute Gasteiger partial charge is 0.0687 e. The topological polar surface area (TPSA) is 32.3 Å². The quantitative estimate of drug-likeness (QED) is 0.831. The number of benzene rings is 1. The SMILES string of the molecule is CC(NCC(O)C(C)C)c1cccc(Cl)c1. The lowest BCUT2D eigenvalue weighted by molar-refractivity contribution is 0.120. The molecule has 1 aromatic carbocycles. The van der Waals surface area contributed by atoms with Gasteiger partial charge in [0.25, 0.3) is 0 Å². The third-order valence-electron chi connectivity index (χ3n) is 2.75. The van der Waals surface area contributed by atoms with Crippen LogP contribution in [0.4, 0.5) is 0 Å². The third-order valence-corrected chi connectivity index (χ3v) is 2.99. The van der Waals surface area contributed by atoms with Gasteiger partial charge in [-0.15, -0.1) is 0 Å². The van der Waals surface area contributed by atoms with Crippen LogP contribution in [0.2, 0.25) is 5.02 Å². The summed E-state index contributed by atoms with van der Waals surface area (Å²) in [5, 5.41) is 13.7. The Balaban J connectivity index is 2.49. The van der Waals surface area contributed by atoms with Crippen LogP contribution in [0.5, 0.6) is 0 Å². The molecule has 0 bridgehead atoms. The van der Waals surface area contributed by atoms with Gasteiger partial charge in [0.1, 0.15) is 0 Å². The van der Waals surface area contributed by atoms with Gasteiger partial charge in [0, 0.05) is 17.6 Å². The Hall–Kier alpha value is -0.570. The second-order valence-corrected chi connectivity index (χ2v) is 4.93. The van der Waals surface area contributed by atoms with Crippen molar-refractivity contribution in [1.29, 1.82) is 0 Å². The van der Waals surface area contributed by atoms with Crippen LogP contribution in [0.1, 0.15) is 32.4 Å². The first-order valence-corrected chi connectivity index (χ1v) is 6.05. The van der Waals surface area contributed by atoms with E-state index in [9.17, 15) is 5.11 Å². The zero-order valence-electron chi connectivity index (χ0n) is 10.1. The molecule has 0 aliphatic heterocycles. The van der Waals surface area contributed by atoms with Gasteiger partial charge in [0.2, 0.25) is 0 Å². The van der Waals surface area contributed by atoms with Crippen molar-refractivity contribution < 1.29 is 5.11 Å². The summed E-state index contributed by atoms with van der Waals surface area (Å²) >= 11 is 5.92. The Bertz CT molecular complexity index is 327. The van der Waals surface area contributed by atoms with Crippen molar-refractivity contribution in [2.45, 2.75) is 32.9 Å². The van der Waals surface area contributed by atoms with Gasteiger partial charge in [0.05, 0.1) is 6.10 Å². The fraction of sp³-hybridized carbons (Fsp3) is 0.538. The van der Waals surface area contributed by atoms with Gasteiger partial charge >= 0.3 is 0 Å². The fourth-order valence-corrected chi connectivity index (χ4v) is 1.63. The minimum absolute atomic E-state index is 0.201. The second-order valence-electron chi connectivity index (χ2n) is 4.50. The molecule has 0 amide bonds. The monoisotopic (exact) mass is 241 g/mol. The van der Waals surface area contributed by atoms with Crippen molar-refractivity contribution in [3.8, 4) is 0 Å². The molecule has 2 nitrogen and oxygen atoms in total. The van der Waals surface area contributed by atoms with Crippen molar-refractivity contribution in [2.24, 2.45) is 5.92 Å². The largest absolute Gasteiger partial charge is 0.392 e. The molecule has 1 rings (SSSR count). The predicted octanol–water partition coefficient (Wildman–Crippen LogP) is 3.01. The highest BCUT2D eigenvalue weighted by Gasteiger charge is 2.11. The minimum atomic E-state index is -0.304.